The molecule has 0 radical (unpaired) electrons. The van der Waals surface area contributed by atoms with E-state index in [4.69, 9.17) is 10.5 Å². The molecule has 0 bridgehead atoms. The smallest absolute Gasteiger partial charge is 0.329 e. The van der Waals surface area contributed by atoms with Crippen LogP contribution in [-0.2, 0) is 0 Å². The van der Waals surface area contributed by atoms with Gasteiger partial charge in [0.2, 0.25) is 0 Å². The van der Waals surface area contributed by atoms with Crippen molar-refractivity contribution in [2.45, 2.75) is 0 Å². The minimum atomic E-state index is -0.628. The fourth-order valence-electron chi connectivity index (χ4n) is 0.869. The number of urea groups is 1. The fourth-order valence-corrected chi connectivity index (χ4v) is 0.994. The first-order chi connectivity index (χ1) is 6.15. The van der Waals surface area contributed by atoms with Gasteiger partial charge in [-0.25, -0.2) is 9.10 Å². The van der Waals surface area contributed by atoms with Gasteiger partial charge in [-0.3, -0.25) is 0 Å². The largest absolute Gasteiger partial charge is 0.497 e. The highest BCUT2D eigenvalue weighted by atomic mass is 32.1. The molecule has 0 aliphatic rings. The van der Waals surface area contributed by atoms with Gasteiger partial charge in [-0.1, -0.05) is 18.9 Å². The number of ether oxygens (including phenoxy) is 1. The van der Waals surface area contributed by atoms with Gasteiger partial charge >= 0.3 is 6.03 Å². The fraction of sp³-hybridized carbons (Fsp3) is 0.125. The summed E-state index contributed by atoms with van der Waals surface area (Å²) in [5.74, 6) is 0.651. The van der Waals surface area contributed by atoms with Crippen LogP contribution in [0.4, 0.5) is 10.5 Å². The van der Waals surface area contributed by atoms with Crippen molar-refractivity contribution in [3.8, 4) is 5.75 Å². The van der Waals surface area contributed by atoms with E-state index in [-0.39, 0.29) is 0 Å². The molecule has 0 aliphatic carbocycles. The molecule has 0 unspecified atom stereocenters. The molecule has 70 valence electrons. The van der Waals surface area contributed by atoms with Crippen LogP contribution in [-0.4, -0.2) is 13.1 Å². The number of nitrogens with two attached hydrogens (primary N) is 1. The van der Waals surface area contributed by atoms with E-state index in [9.17, 15) is 4.79 Å². The minimum Gasteiger partial charge on any atom is -0.497 e. The quantitative estimate of drug-likeness (QED) is 0.706. The van der Waals surface area contributed by atoms with Crippen LogP contribution in [0.25, 0.3) is 0 Å². The van der Waals surface area contributed by atoms with Gasteiger partial charge in [0.05, 0.1) is 12.8 Å². The van der Waals surface area contributed by atoms with Crippen molar-refractivity contribution in [2.24, 2.45) is 5.73 Å². The molecule has 0 fully saturated rings. The van der Waals surface area contributed by atoms with Gasteiger partial charge in [0.15, 0.2) is 0 Å². The summed E-state index contributed by atoms with van der Waals surface area (Å²) in [7, 11) is 1.55. The van der Waals surface area contributed by atoms with E-state index in [1.165, 1.54) is 0 Å². The predicted molar refractivity (Wildman–Crippen MR) is 54.0 cm³/mol. The molecule has 13 heavy (non-hydrogen) atoms. The van der Waals surface area contributed by atoms with Crippen LogP contribution < -0.4 is 14.8 Å². The zero-order valence-corrected chi connectivity index (χ0v) is 7.99. The Morgan fingerprint density at radius 3 is 2.85 bits per heavy atom. The van der Waals surface area contributed by atoms with Crippen molar-refractivity contribution in [1.82, 2.24) is 0 Å². The third-order valence-electron chi connectivity index (χ3n) is 1.51. The molecule has 2 N–H and O–H groups in total. The number of thiol groups is 1. The summed E-state index contributed by atoms with van der Waals surface area (Å²) in [6.45, 7) is 0. The number of amides is 2. The van der Waals surface area contributed by atoms with Crippen LogP contribution in [0.1, 0.15) is 0 Å². The third-order valence-corrected chi connectivity index (χ3v) is 1.93. The Hall–Kier alpha value is -1.36. The van der Waals surface area contributed by atoms with Crippen molar-refractivity contribution >= 4 is 24.5 Å². The van der Waals surface area contributed by atoms with E-state index in [0.29, 0.717) is 11.4 Å². The first-order valence-corrected chi connectivity index (χ1v) is 3.97. The van der Waals surface area contributed by atoms with Crippen molar-refractivity contribution in [3.63, 3.8) is 0 Å². The van der Waals surface area contributed by atoms with Gasteiger partial charge in [-0.2, -0.15) is 0 Å². The first kappa shape index (κ1) is 9.73. The summed E-state index contributed by atoms with van der Waals surface area (Å²) < 4.78 is 6.02. The number of nitrogens with zero attached hydrogens (tertiary/aromatic N) is 1. The molecule has 0 heterocycles. The highest BCUT2D eigenvalue weighted by Gasteiger charge is 2.07. The molecule has 0 saturated carbocycles. The van der Waals surface area contributed by atoms with Crippen LogP contribution in [0.3, 0.4) is 0 Å². The van der Waals surface area contributed by atoms with Crippen molar-refractivity contribution in [2.75, 3.05) is 11.4 Å². The van der Waals surface area contributed by atoms with Crippen molar-refractivity contribution < 1.29 is 9.53 Å². The number of primary amides is 1. The van der Waals surface area contributed by atoms with E-state index in [0.717, 1.165) is 4.31 Å². The molecule has 0 aliphatic heterocycles. The van der Waals surface area contributed by atoms with E-state index in [1.807, 2.05) is 0 Å². The Balaban J connectivity index is 2.94. The van der Waals surface area contributed by atoms with Gasteiger partial charge in [0.1, 0.15) is 5.75 Å². The number of hydrogen-bond donors (Lipinski definition) is 2. The molecule has 5 heteroatoms. The van der Waals surface area contributed by atoms with E-state index >= 15 is 0 Å². The molecule has 0 spiro atoms. The molecular formula is C8H10N2O2S. The molecule has 1 aromatic rings. The highest BCUT2D eigenvalue weighted by Crippen LogP contribution is 2.21. The lowest BCUT2D eigenvalue weighted by atomic mass is 10.3. The first-order valence-electron chi connectivity index (χ1n) is 3.57. The average molecular weight is 198 g/mol. The van der Waals surface area contributed by atoms with Crippen molar-refractivity contribution in [3.05, 3.63) is 24.3 Å². The Morgan fingerprint density at radius 1 is 1.62 bits per heavy atom. The minimum absolute atomic E-state index is 0.579. The van der Waals surface area contributed by atoms with Gasteiger partial charge in [0.25, 0.3) is 0 Å². The number of carbonyl (C=O) groups excluding carboxylic acids is 1. The maximum atomic E-state index is 10.7. The summed E-state index contributed by atoms with van der Waals surface area (Å²) in [6, 6.07) is 6.27. The Bertz CT molecular complexity index is 317. The van der Waals surface area contributed by atoms with E-state index in [1.54, 1.807) is 31.4 Å². The summed E-state index contributed by atoms with van der Waals surface area (Å²) in [5, 5.41) is 0. The van der Waals surface area contributed by atoms with Gasteiger partial charge in [0, 0.05) is 6.07 Å². The molecule has 0 aromatic heterocycles. The number of hydrogen-bond acceptors (Lipinski definition) is 3. The average Bonchev–Trinajstić information content (AvgIpc) is 2.16. The molecule has 4 nitrogen and oxygen atoms in total. The number of methoxy groups -OCH3 is 1. The maximum absolute atomic E-state index is 10.7. The van der Waals surface area contributed by atoms with Crippen LogP contribution in [0.5, 0.6) is 5.75 Å². The van der Waals surface area contributed by atoms with Crippen molar-refractivity contribution in [1.29, 1.82) is 0 Å². The maximum Gasteiger partial charge on any atom is 0.329 e. The second-order valence-electron chi connectivity index (χ2n) is 2.35. The van der Waals surface area contributed by atoms with Crippen LogP contribution >= 0.6 is 12.8 Å². The standard InChI is InChI=1S/C8H10N2O2S/c1-12-7-4-2-3-6(5-7)10(13)8(9)11/h2-5,13H,1H3,(H2,9,11). The third kappa shape index (κ3) is 2.29. The predicted octanol–water partition coefficient (Wildman–Crippen LogP) is 1.43. The molecule has 0 saturated heterocycles. The monoisotopic (exact) mass is 198 g/mol. The Labute approximate surface area is 81.8 Å². The lowest BCUT2D eigenvalue weighted by molar-refractivity contribution is 0.257. The second kappa shape index (κ2) is 4.04. The number of carbonyl (C=O) groups is 1. The Kier molecular flexibility index (Phi) is 3.02. The van der Waals surface area contributed by atoms with Gasteiger partial charge in [-0.15, -0.1) is 0 Å². The van der Waals surface area contributed by atoms with Crippen LogP contribution in [0, 0.1) is 0 Å². The highest BCUT2D eigenvalue weighted by molar-refractivity contribution is 7.82. The zero-order valence-electron chi connectivity index (χ0n) is 7.10. The van der Waals surface area contributed by atoms with Gasteiger partial charge in [-0.05, 0) is 12.1 Å². The zero-order chi connectivity index (χ0) is 9.84. The molecule has 1 rings (SSSR count). The molecular weight excluding hydrogens is 188 g/mol. The number of rotatable bonds is 2. The summed E-state index contributed by atoms with van der Waals surface area (Å²) in [6.07, 6.45) is 0. The summed E-state index contributed by atoms with van der Waals surface area (Å²) in [4.78, 5) is 10.7. The topological polar surface area (TPSA) is 55.6 Å². The summed E-state index contributed by atoms with van der Waals surface area (Å²) >= 11 is 3.90. The number of anilines is 1. The molecule has 1 aromatic carbocycles. The normalized spacial score (nSPS) is 9.38. The Morgan fingerprint density at radius 2 is 2.31 bits per heavy atom. The molecule has 0 atom stereocenters. The van der Waals surface area contributed by atoms with Gasteiger partial charge < -0.3 is 10.5 Å². The number of benzene rings is 1. The second-order valence-corrected chi connectivity index (χ2v) is 2.75. The SMILES string of the molecule is COc1cccc(N(S)C(N)=O)c1. The lowest BCUT2D eigenvalue weighted by Gasteiger charge is -2.12. The summed E-state index contributed by atoms with van der Waals surface area (Å²) in [5.41, 5.74) is 5.61. The lowest BCUT2D eigenvalue weighted by Crippen LogP contribution is -2.27. The van der Waals surface area contributed by atoms with Crippen LogP contribution in [0.15, 0.2) is 24.3 Å². The van der Waals surface area contributed by atoms with E-state index < -0.39 is 6.03 Å². The van der Waals surface area contributed by atoms with E-state index in [2.05, 4.69) is 12.8 Å². The molecule has 2 amide bonds. The van der Waals surface area contributed by atoms with Crippen LogP contribution in [0.2, 0.25) is 0 Å².